The van der Waals surface area contributed by atoms with Gasteiger partial charge in [-0.1, -0.05) is 6.92 Å². The number of carboxylic acid groups (broad SMARTS) is 1. The van der Waals surface area contributed by atoms with Gasteiger partial charge in [0.25, 0.3) is 0 Å². The smallest absolute Gasteiger partial charge is 0.341 e. The number of aryl methyl sites for hydroxylation is 2. The maximum Gasteiger partial charge on any atom is 0.341 e. The first kappa shape index (κ1) is 10.0. The van der Waals surface area contributed by atoms with Crippen LogP contribution < -0.4 is 5.32 Å². The highest BCUT2D eigenvalue weighted by molar-refractivity contribution is 5.94. The van der Waals surface area contributed by atoms with Crippen molar-refractivity contribution in [3.8, 4) is 0 Å². The van der Waals surface area contributed by atoms with Gasteiger partial charge in [-0.2, -0.15) is 5.10 Å². The maximum absolute atomic E-state index is 11.0. The van der Waals surface area contributed by atoms with Crippen LogP contribution in [0.15, 0.2) is 0 Å². The Kier molecular flexibility index (Phi) is 2.17. The van der Waals surface area contributed by atoms with Crippen LogP contribution in [0.2, 0.25) is 0 Å². The predicted octanol–water partition coefficient (Wildman–Crippen LogP) is 1.25. The molecule has 1 aromatic rings. The van der Waals surface area contributed by atoms with Gasteiger partial charge in [0, 0.05) is 13.1 Å². The number of aromatic carboxylic acids is 1. The largest absolute Gasteiger partial charge is 0.477 e. The number of hydrogen-bond donors (Lipinski definition) is 2. The molecular formula is C10H15N3O2. The Labute approximate surface area is 88.1 Å². The predicted molar refractivity (Wildman–Crippen MR) is 56.1 cm³/mol. The molecule has 1 aliphatic carbocycles. The van der Waals surface area contributed by atoms with Crippen molar-refractivity contribution >= 4 is 11.8 Å². The number of carboxylic acids is 1. The molecule has 0 radical (unpaired) electrons. The third kappa shape index (κ3) is 1.69. The second-order valence-corrected chi connectivity index (χ2v) is 4.20. The first-order valence-electron chi connectivity index (χ1n) is 5.04. The second-order valence-electron chi connectivity index (χ2n) is 4.20. The van der Waals surface area contributed by atoms with Crippen molar-refractivity contribution < 1.29 is 9.90 Å². The van der Waals surface area contributed by atoms with Gasteiger partial charge >= 0.3 is 5.97 Å². The standard InChI is InChI=1S/C10H15N3O2/c1-5-4-7(5)11-9-8(10(14)15)6(2)12-13(9)3/h5,7,11H,4H2,1-3H3,(H,14,15). The van der Waals surface area contributed by atoms with E-state index >= 15 is 0 Å². The van der Waals surface area contributed by atoms with Crippen LogP contribution >= 0.6 is 0 Å². The Hall–Kier alpha value is -1.52. The highest BCUT2D eigenvalue weighted by Gasteiger charge is 2.34. The molecule has 1 heterocycles. The Bertz CT molecular complexity index is 411. The zero-order valence-corrected chi connectivity index (χ0v) is 9.11. The van der Waals surface area contributed by atoms with Crippen molar-refractivity contribution in [1.29, 1.82) is 0 Å². The number of rotatable bonds is 3. The molecule has 82 valence electrons. The molecule has 1 fully saturated rings. The Morgan fingerprint density at radius 1 is 1.67 bits per heavy atom. The number of aromatic nitrogens is 2. The Balaban J connectivity index is 2.31. The molecule has 0 aliphatic heterocycles. The minimum absolute atomic E-state index is 0.289. The van der Waals surface area contributed by atoms with Gasteiger partial charge < -0.3 is 10.4 Å². The first-order chi connectivity index (χ1) is 7.00. The van der Waals surface area contributed by atoms with Crippen LogP contribution in [0.4, 0.5) is 5.82 Å². The van der Waals surface area contributed by atoms with Crippen LogP contribution in [-0.2, 0) is 7.05 Å². The molecule has 0 saturated heterocycles. The Morgan fingerprint density at radius 3 is 2.73 bits per heavy atom. The van der Waals surface area contributed by atoms with Crippen molar-refractivity contribution in [3.63, 3.8) is 0 Å². The van der Waals surface area contributed by atoms with E-state index in [0.29, 0.717) is 23.5 Å². The van der Waals surface area contributed by atoms with Crippen molar-refractivity contribution in [2.75, 3.05) is 5.32 Å². The summed E-state index contributed by atoms with van der Waals surface area (Å²) in [4.78, 5) is 11.0. The Morgan fingerprint density at radius 2 is 2.27 bits per heavy atom. The van der Waals surface area contributed by atoms with Crippen LogP contribution in [0.5, 0.6) is 0 Å². The zero-order valence-electron chi connectivity index (χ0n) is 9.11. The van der Waals surface area contributed by atoms with Crippen LogP contribution in [0.3, 0.4) is 0 Å². The summed E-state index contributed by atoms with van der Waals surface area (Å²) in [6.07, 6.45) is 1.10. The number of anilines is 1. The second kappa shape index (κ2) is 3.25. The molecule has 2 unspecified atom stereocenters. The molecule has 2 N–H and O–H groups in total. The SMILES string of the molecule is Cc1nn(C)c(NC2CC2C)c1C(=O)O. The van der Waals surface area contributed by atoms with Crippen molar-refractivity contribution in [2.45, 2.75) is 26.3 Å². The van der Waals surface area contributed by atoms with E-state index in [4.69, 9.17) is 5.11 Å². The molecule has 1 aromatic heterocycles. The summed E-state index contributed by atoms with van der Waals surface area (Å²) in [6, 6.07) is 0.401. The lowest BCUT2D eigenvalue weighted by atomic mass is 10.2. The van der Waals surface area contributed by atoms with Crippen molar-refractivity contribution in [1.82, 2.24) is 9.78 Å². The lowest BCUT2D eigenvalue weighted by molar-refractivity contribution is 0.0697. The molecule has 0 spiro atoms. The maximum atomic E-state index is 11.0. The molecule has 1 saturated carbocycles. The number of nitrogens with zero attached hydrogens (tertiary/aromatic N) is 2. The fourth-order valence-corrected chi connectivity index (χ4v) is 1.78. The number of nitrogens with one attached hydrogen (secondary N) is 1. The topological polar surface area (TPSA) is 67.2 Å². The van der Waals surface area contributed by atoms with Crippen molar-refractivity contribution in [3.05, 3.63) is 11.3 Å². The van der Waals surface area contributed by atoms with E-state index in [1.165, 1.54) is 0 Å². The van der Waals surface area contributed by atoms with Crippen molar-refractivity contribution in [2.24, 2.45) is 13.0 Å². The fraction of sp³-hybridized carbons (Fsp3) is 0.600. The quantitative estimate of drug-likeness (QED) is 0.786. The van der Waals surface area contributed by atoms with E-state index in [2.05, 4.69) is 17.3 Å². The average Bonchev–Trinajstić information content (AvgIpc) is 2.71. The van der Waals surface area contributed by atoms with E-state index in [-0.39, 0.29) is 5.56 Å². The summed E-state index contributed by atoms with van der Waals surface area (Å²) in [6.45, 7) is 3.85. The zero-order chi connectivity index (χ0) is 11.2. The normalized spacial score (nSPS) is 23.9. The van der Waals surface area contributed by atoms with Gasteiger partial charge in [-0.25, -0.2) is 4.79 Å². The summed E-state index contributed by atoms with van der Waals surface area (Å²) in [5.74, 6) is 0.326. The number of carbonyl (C=O) groups is 1. The minimum atomic E-state index is -0.920. The van der Waals surface area contributed by atoms with E-state index in [1.807, 2.05) is 0 Å². The highest BCUT2D eigenvalue weighted by atomic mass is 16.4. The summed E-state index contributed by atoms with van der Waals surface area (Å²) in [7, 11) is 1.76. The molecule has 0 amide bonds. The molecule has 2 atom stereocenters. The lowest BCUT2D eigenvalue weighted by Gasteiger charge is -2.06. The van der Waals surface area contributed by atoms with Gasteiger partial charge in [0.1, 0.15) is 11.4 Å². The van der Waals surface area contributed by atoms with E-state index in [9.17, 15) is 4.79 Å². The summed E-state index contributed by atoms with van der Waals surface area (Å²) in [5, 5.41) is 16.4. The van der Waals surface area contributed by atoms with Gasteiger partial charge in [-0.15, -0.1) is 0 Å². The summed E-state index contributed by atoms with van der Waals surface area (Å²) >= 11 is 0. The van der Waals surface area contributed by atoms with Gasteiger partial charge in [0.05, 0.1) is 5.69 Å². The molecule has 15 heavy (non-hydrogen) atoms. The van der Waals surface area contributed by atoms with Crippen LogP contribution in [-0.4, -0.2) is 26.9 Å². The van der Waals surface area contributed by atoms with Crippen LogP contribution in [0.25, 0.3) is 0 Å². The third-order valence-electron chi connectivity index (χ3n) is 2.87. The molecule has 0 aromatic carbocycles. The van der Waals surface area contributed by atoms with E-state index < -0.39 is 5.97 Å². The number of hydrogen-bond acceptors (Lipinski definition) is 3. The average molecular weight is 209 g/mol. The molecule has 0 bridgehead atoms. The third-order valence-corrected chi connectivity index (χ3v) is 2.87. The fourth-order valence-electron chi connectivity index (χ4n) is 1.78. The molecule has 5 heteroatoms. The van der Waals surface area contributed by atoms with E-state index in [0.717, 1.165) is 6.42 Å². The van der Waals surface area contributed by atoms with Crippen LogP contribution in [0, 0.1) is 12.8 Å². The summed E-state index contributed by atoms with van der Waals surface area (Å²) < 4.78 is 1.60. The van der Waals surface area contributed by atoms with Gasteiger partial charge in [0.15, 0.2) is 0 Å². The van der Waals surface area contributed by atoms with Gasteiger partial charge in [0.2, 0.25) is 0 Å². The minimum Gasteiger partial charge on any atom is -0.477 e. The lowest BCUT2D eigenvalue weighted by Crippen LogP contribution is -2.11. The first-order valence-corrected chi connectivity index (χ1v) is 5.04. The van der Waals surface area contributed by atoms with Crippen LogP contribution in [0.1, 0.15) is 29.4 Å². The highest BCUT2D eigenvalue weighted by Crippen LogP contribution is 2.34. The molecule has 5 nitrogen and oxygen atoms in total. The molecular weight excluding hydrogens is 194 g/mol. The monoisotopic (exact) mass is 209 g/mol. The van der Waals surface area contributed by atoms with Gasteiger partial charge in [-0.05, 0) is 19.3 Å². The molecule has 1 aliphatic rings. The van der Waals surface area contributed by atoms with Gasteiger partial charge in [-0.3, -0.25) is 4.68 Å². The summed E-state index contributed by atoms with van der Waals surface area (Å²) in [5.41, 5.74) is 0.845. The molecule has 2 rings (SSSR count). The van der Waals surface area contributed by atoms with E-state index in [1.54, 1.807) is 18.7 Å².